The summed E-state index contributed by atoms with van der Waals surface area (Å²) in [6.45, 7) is 2.29. The van der Waals surface area contributed by atoms with Crippen LogP contribution in [0.5, 0.6) is 0 Å². The highest BCUT2D eigenvalue weighted by atomic mass is 32.1. The van der Waals surface area contributed by atoms with Crippen molar-refractivity contribution in [3.8, 4) is 16.6 Å². The first kappa shape index (κ1) is 16.8. The fraction of sp³-hybridized carbons (Fsp3) is 0.235. The van der Waals surface area contributed by atoms with Crippen molar-refractivity contribution in [3.05, 3.63) is 58.7 Å². The Morgan fingerprint density at radius 2 is 2.17 bits per heavy atom. The van der Waals surface area contributed by atoms with Crippen LogP contribution in [0.2, 0.25) is 0 Å². The third kappa shape index (κ3) is 4.73. The van der Waals surface area contributed by atoms with E-state index in [2.05, 4.69) is 16.2 Å². The van der Waals surface area contributed by atoms with Gasteiger partial charge in [-0.1, -0.05) is 36.5 Å². The van der Waals surface area contributed by atoms with Gasteiger partial charge in [-0.05, 0) is 30.7 Å². The van der Waals surface area contributed by atoms with Gasteiger partial charge in [0.2, 0.25) is 4.80 Å². The van der Waals surface area contributed by atoms with Gasteiger partial charge in [0.25, 0.3) is 0 Å². The van der Waals surface area contributed by atoms with Crippen LogP contribution >= 0.6 is 11.3 Å². The van der Waals surface area contributed by atoms with Gasteiger partial charge in [-0.2, -0.15) is 10.4 Å². The van der Waals surface area contributed by atoms with Gasteiger partial charge < -0.3 is 0 Å². The minimum Gasteiger partial charge on any atom is -0.253 e. The molecule has 0 fully saturated rings. The molecule has 118 valence electrons. The van der Waals surface area contributed by atoms with E-state index in [4.69, 9.17) is 5.26 Å². The fourth-order valence-electron chi connectivity index (χ4n) is 1.85. The van der Waals surface area contributed by atoms with Crippen LogP contribution in [0, 0.1) is 11.3 Å². The van der Waals surface area contributed by atoms with Crippen LogP contribution in [0.25, 0.3) is 10.6 Å². The number of aromatic nitrogens is 2. The van der Waals surface area contributed by atoms with Crippen molar-refractivity contribution in [2.24, 2.45) is 12.0 Å². The molecule has 0 unspecified atom stereocenters. The maximum Gasteiger partial charge on any atom is 0.203 e. The highest BCUT2D eigenvalue weighted by molar-refractivity contribution is 7.12. The summed E-state index contributed by atoms with van der Waals surface area (Å²) in [7, 11) is 1.82. The second-order valence-electron chi connectivity index (χ2n) is 4.74. The van der Waals surface area contributed by atoms with Crippen LogP contribution < -0.4 is 4.80 Å². The molecule has 0 aliphatic carbocycles. The smallest absolute Gasteiger partial charge is 0.203 e. The maximum atomic E-state index is 13.2. The average molecular weight is 328 g/mol. The van der Waals surface area contributed by atoms with E-state index in [0.717, 1.165) is 15.4 Å². The minimum absolute atomic E-state index is 0.241. The van der Waals surface area contributed by atoms with E-state index < -0.39 is 0 Å². The zero-order chi connectivity index (χ0) is 16.7. The van der Waals surface area contributed by atoms with E-state index in [1.165, 1.54) is 23.5 Å². The summed E-state index contributed by atoms with van der Waals surface area (Å²) in [6, 6.07) is 9.35. The zero-order valence-corrected chi connectivity index (χ0v) is 13.8. The van der Waals surface area contributed by atoms with Gasteiger partial charge in [-0.25, -0.2) is 9.07 Å². The molecule has 0 spiro atoms. The molecule has 0 aliphatic heterocycles. The summed E-state index contributed by atoms with van der Waals surface area (Å²) in [5, 5.41) is 14.1. The van der Waals surface area contributed by atoms with Crippen molar-refractivity contribution in [1.29, 1.82) is 5.26 Å². The molecule has 0 bridgehead atoms. The maximum absolute atomic E-state index is 13.2. The van der Waals surface area contributed by atoms with E-state index in [1.807, 2.05) is 26.1 Å². The predicted octanol–water partition coefficient (Wildman–Crippen LogP) is 3.74. The van der Waals surface area contributed by atoms with Crippen molar-refractivity contribution in [1.82, 2.24) is 9.78 Å². The summed E-state index contributed by atoms with van der Waals surface area (Å²) in [4.78, 5) is 5.16. The number of allylic oxidation sites excluding steroid dienone is 3. The number of hydrogen-bond donors (Lipinski definition) is 0. The normalized spacial score (nSPS) is 12.8. The Labute approximate surface area is 138 Å². The van der Waals surface area contributed by atoms with Crippen molar-refractivity contribution in [3.63, 3.8) is 0 Å². The van der Waals surface area contributed by atoms with Crippen LogP contribution in [0.3, 0.4) is 0 Å². The quantitative estimate of drug-likeness (QED) is 0.785. The molecule has 1 aromatic carbocycles. The first-order valence-electron chi connectivity index (χ1n) is 7.21. The lowest BCUT2D eigenvalue weighted by atomic mass is 10.2. The number of nitriles is 1. The van der Waals surface area contributed by atoms with E-state index >= 15 is 0 Å². The van der Waals surface area contributed by atoms with Crippen molar-refractivity contribution in [2.75, 3.05) is 6.54 Å². The molecule has 6 heteroatoms. The second kappa shape index (κ2) is 8.20. The summed E-state index contributed by atoms with van der Waals surface area (Å²) < 4.78 is 14.9. The number of halogens is 1. The molecule has 0 aliphatic rings. The molecule has 2 rings (SSSR count). The molecule has 4 nitrogen and oxygen atoms in total. The predicted molar refractivity (Wildman–Crippen MR) is 90.3 cm³/mol. The molecule has 0 saturated heterocycles. The third-order valence-electron chi connectivity index (χ3n) is 2.97. The van der Waals surface area contributed by atoms with Gasteiger partial charge in [0, 0.05) is 12.6 Å². The average Bonchev–Trinajstić information content (AvgIpc) is 2.93. The summed E-state index contributed by atoms with van der Waals surface area (Å²) in [5.74, 6) is -0.241. The first-order chi connectivity index (χ1) is 11.1. The monoisotopic (exact) mass is 328 g/mol. The van der Waals surface area contributed by atoms with Gasteiger partial charge in [0.05, 0.1) is 18.2 Å². The Hall–Kier alpha value is -2.52. The molecule has 0 radical (unpaired) electrons. The third-order valence-corrected chi connectivity index (χ3v) is 4.06. The lowest BCUT2D eigenvalue weighted by Gasteiger charge is -1.94. The Kier molecular flexibility index (Phi) is 6.01. The molecule has 2 aromatic rings. The SMILES string of the molecule is CC/C=C(F)\C=C/CN=c1sc(-c2ccc(C#N)cc2)nn1C. The van der Waals surface area contributed by atoms with Crippen LogP contribution in [-0.4, -0.2) is 16.3 Å². The molecule has 23 heavy (non-hydrogen) atoms. The number of nitrogens with zero attached hydrogens (tertiary/aromatic N) is 4. The Morgan fingerprint density at radius 1 is 1.43 bits per heavy atom. The van der Waals surface area contributed by atoms with E-state index in [9.17, 15) is 4.39 Å². The molecular formula is C17H17FN4S. The fourth-order valence-corrected chi connectivity index (χ4v) is 2.75. The van der Waals surface area contributed by atoms with Gasteiger partial charge in [-0.15, -0.1) is 0 Å². The Morgan fingerprint density at radius 3 is 2.83 bits per heavy atom. The lowest BCUT2D eigenvalue weighted by molar-refractivity contribution is 0.660. The van der Waals surface area contributed by atoms with Crippen LogP contribution in [0.4, 0.5) is 4.39 Å². The summed E-state index contributed by atoms with van der Waals surface area (Å²) in [6.07, 6.45) is 5.30. The van der Waals surface area contributed by atoms with Crippen LogP contribution in [-0.2, 0) is 7.05 Å². The van der Waals surface area contributed by atoms with Gasteiger partial charge >= 0.3 is 0 Å². The molecule has 1 aromatic heterocycles. The highest BCUT2D eigenvalue weighted by Crippen LogP contribution is 2.19. The highest BCUT2D eigenvalue weighted by Gasteiger charge is 2.04. The molecule has 0 N–H and O–H groups in total. The molecule has 0 atom stereocenters. The molecule has 1 heterocycles. The number of aryl methyl sites for hydroxylation is 1. The Balaban J connectivity index is 2.15. The van der Waals surface area contributed by atoms with Gasteiger partial charge in [0.1, 0.15) is 10.8 Å². The van der Waals surface area contributed by atoms with Crippen LogP contribution in [0.1, 0.15) is 18.9 Å². The van der Waals surface area contributed by atoms with Crippen molar-refractivity contribution < 1.29 is 4.39 Å². The topological polar surface area (TPSA) is 54.0 Å². The first-order valence-corrected chi connectivity index (χ1v) is 8.03. The van der Waals surface area contributed by atoms with Crippen LogP contribution in [0.15, 0.2) is 53.3 Å². The van der Waals surface area contributed by atoms with Crippen molar-refractivity contribution in [2.45, 2.75) is 13.3 Å². The molecule has 0 saturated carbocycles. The summed E-state index contributed by atoms with van der Waals surface area (Å²) >= 11 is 1.46. The van der Waals surface area contributed by atoms with E-state index in [0.29, 0.717) is 18.5 Å². The largest absolute Gasteiger partial charge is 0.253 e. The Bertz CT molecular complexity index is 820. The van der Waals surface area contributed by atoms with E-state index in [1.54, 1.807) is 22.9 Å². The van der Waals surface area contributed by atoms with E-state index in [-0.39, 0.29) is 5.83 Å². The minimum atomic E-state index is -0.241. The summed E-state index contributed by atoms with van der Waals surface area (Å²) in [5.41, 5.74) is 1.56. The number of benzene rings is 1. The lowest BCUT2D eigenvalue weighted by Crippen LogP contribution is -2.11. The molecular weight excluding hydrogens is 311 g/mol. The number of hydrogen-bond acceptors (Lipinski definition) is 4. The van der Waals surface area contributed by atoms with Gasteiger partial charge in [-0.3, -0.25) is 4.99 Å². The standard InChI is InChI=1S/C17H17FN4S/c1-3-5-15(18)6-4-11-20-17-22(2)21-16(23-17)14-9-7-13(12-19)8-10-14/h4-10H,3,11H2,1-2H3/b6-4-,15-5+,20-17?. The zero-order valence-electron chi connectivity index (χ0n) is 13.0. The second-order valence-corrected chi connectivity index (χ2v) is 5.70. The molecule has 0 amide bonds. The van der Waals surface area contributed by atoms with Crippen molar-refractivity contribution >= 4 is 11.3 Å². The number of rotatable bonds is 5. The van der Waals surface area contributed by atoms with Gasteiger partial charge in [0.15, 0.2) is 0 Å².